The fraction of sp³-hybridized carbons (Fsp3) is 0.333. The number of hydrogen-bond acceptors (Lipinski definition) is 2. The topological polar surface area (TPSA) is 43.1 Å². The predicted octanol–water partition coefficient (Wildman–Crippen LogP) is -0.150. The minimum atomic E-state index is 0. The third-order valence-corrected chi connectivity index (χ3v) is 0. The Morgan fingerprint density at radius 3 is 1.67 bits per heavy atom. The molecule has 0 aromatic rings. The van der Waals surface area contributed by atoms with Gasteiger partial charge in [0, 0.05) is 32.7 Å². The molecule has 0 saturated heterocycles. The summed E-state index contributed by atoms with van der Waals surface area (Å²) in [5.41, 5.74) is 4.25. The van der Waals surface area contributed by atoms with Gasteiger partial charge in [-0.05, 0) is 0 Å². The molecule has 0 spiro atoms. The Hall–Kier alpha value is 0.734. The fourth-order valence-corrected chi connectivity index (χ4v) is 0. The molecule has 0 heterocycles. The van der Waals surface area contributed by atoms with Crippen LogP contribution in [0, 0.1) is 7.05 Å². The average molecular weight is 162 g/mol. The second-order valence-electron chi connectivity index (χ2n) is 0.204. The number of rotatable bonds is 0. The van der Waals surface area contributed by atoms with Crippen LogP contribution in [-0.2, 0) is 37.5 Å². The zero-order valence-corrected chi connectivity index (χ0v) is 6.61. The van der Waals surface area contributed by atoms with Crippen LogP contribution in [0.3, 0.4) is 0 Å². The van der Waals surface area contributed by atoms with Gasteiger partial charge >= 0.3 is 0 Å². The van der Waals surface area contributed by atoms with Gasteiger partial charge in [0.05, 0.1) is 0 Å². The van der Waals surface area contributed by atoms with E-state index in [1.54, 1.807) is 0 Å². The first kappa shape index (κ1) is 15.9. The van der Waals surface area contributed by atoms with Crippen molar-refractivity contribution < 1.29 is 37.5 Å². The van der Waals surface area contributed by atoms with Crippen molar-refractivity contribution in [3.8, 4) is 0 Å². The summed E-state index contributed by atoms with van der Waals surface area (Å²) in [6, 6.07) is 0. The van der Waals surface area contributed by atoms with Gasteiger partial charge in [0.15, 0.2) is 0 Å². The van der Waals surface area contributed by atoms with Crippen LogP contribution in [0.4, 0.5) is 0 Å². The van der Waals surface area contributed by atoms with Crippen LogP contribution in [0.1, 0.15) is 6.92 Å². The summed E-state index contributed by atoms with van der Waals surface area (Å²) in [4.78, 5) is 8.68. The van der Waals surface area contributed by atoms with Gasteiger partial charge in [-0.3, -0.25) is 13.3 Å². The van der Waals surface area contributed by atoms with E-state index in [-0.39, 0.29) is 32.7 Å². The van der Waals surface area contributed by atoms with Crippen molar-refractivity contribution in [3.05, 3.63) is 7.05 Å². The minimum absolute atomic E-state index is 0. The van der Waals surface area contributed by atoms with E-state index < -0.39 is 0 Å². The standard InChI is InChI=1S/C2H3O.CH4N.Y/c1-2-3;1-2;/h1H3;1-2H2;/q2*-1;. The van der Waals surface area contributed by atoms with Crippen LogP contribution in [0.25, 0.3) is 0 Å². The fourth-order valence-electron chi connectivity index (χ4n) is 0. The largest absolute Gasteiger partial charge is 0.542 e. The zero-order valence-electron chi connectivity index (χ0n) is 3.77. The molecule has 0 aromatic carbocycles. The van der Waals surface area contributed by atoms with E-state index in [1.165, 1.54) is 13.2 Å². The molecule has 35 valence electrons. The Balaban J connectivity index is -0.0000000275. The maximum absolute atomic E-state index is 8.68. The quantitative estimate of drug-likeness (QED) is 0.503. The molecule has 3 heteroatoms. The molecule has 1 radical (unpaired) electrons. The molecule has 0 amide bonds. The number of nitrogens with two attached hydrogens (primary N) is 1. The minimum Gasteiger partial charge on any atom is -0.542 e. The number of hydrogen-bond donors (Lipinski definition) is 1. The average Bonchev–Trinajstić information content (AvgIpc) is 1.46. The van der Waals surface area contributed by atoms with E-state index in [4.69, 9.17) is 4.79 Å². The van der Waals surface area contributed by atoms with E-state index >= 15 is 0 Å². The maximum Gasteiger partial charge on any atom is 0 e. The van der Waals surface area contributed by atoms with Crippen LogP contribution in [0.5, 0.6) is 0 Å². The predicted molar refractivity (Wildman–Crippen MR) is 20.9 cm³/mol. The number of carbonyl (C=O) groups excluding carboxylic acids is 1. The molecule has 6 heavy (non-hydrogen) atoms. The molecular formula is C3H7NOY-2. The summed E-state index contributed by atoms with van der Waals surface area (Å²) in [6.07, 6.45) is 1.50. The SMILES string of the molecule is C[C-]=O.[CH2-]N.[Y]. The third-order valence-electron chi connectivity index (χ3n) is 0. The Kier molecular flexibility index (Phi) is 113. The summed E-state index contributed by atoms with van der Waals surface area (Å²) >= 11 is 0. The Morgan fingerprint density at radius 2 is 1.67 bits per heavy atom. The van der Waals surface area contributed by atoms with Gasteiger partial charge in [0.2, 0.25) is 0 Å². The van der Waals surface area contributed by atoms with E-state index in [1.807, 2.05) is 0 Å². The van der Waals surface area contributed by atoms with Crippen LogP contribution in [0.2, 0.25) is 0 Å². The van der Waals surface area contributed by atoms with Gasteiger partial charge < -0.3 is 10.5 Å². The normalized spacial score (nSPS) is 3.17. The van der Waals surface area contributed by atoms with Crippen LogP contribution < -0.4 is 5.73 Å². The van der Waals surface area contributed by atoms with Crippen molar-refractivity contribution in [1.82, 2.24) is 0 Å². The van der Waals surface area contributed by atoms with Crippen LogP contribution >= 0.6 is 0 Å². The molecule has 0 unspecified atom stereocenters. The molecule has 0 atom stereocenters. The second kappa shape index (κ2) is 42.7. The third kappa shape index (κ3) is 123. The first-order valence-corrected chi connectivity index (χ1v) is 1.11. The van der Waals surface area contributed by atoms with E-state index in [0.29, 0.717) is 0 Å². The monoisotopic (exact) mass is 162 g/mol. The molecule has 2 N–H and O–H groups in total. The Labute approximate surface area is 63.4 Å². The van der Waals surface area contributed by atoms with Crippen LogP contribution in [0.15, 0.2) is 0 Å². The summed E-state index contributed by atoms with van der Waals surface area (Å²) in [5.74, 6) is 0. The van der Waals surface area contributed by atoms with Gasteiger partial charge in [-0.2, -0.15) is 6.92 Å². The van der Waals surface area contributed by atoms with Crippen molar-refractivity contribution >= 4 is 6.29 Å². The van der Waals surface area contributed by atoms with Crippen molar-refractivity contribution in [2.45, 2.75) is 6.92 Å². The van der Waals surface area contributed by atoms with Gasteiger partial charge in [0.25, 0.3) is 0 Å². The smallest absolute Gasteiger partial charge is 0 e. The summed E-state index contributed by atoms with van der Waals surface area (Å²) in [6.45, 7) is 1.32. The summed E-state index contributed by atoms with van der Waals surface area (Å²) in [5, 5.41) is 0. The summed E-state index contributed by atoms with van der Waals surface area (Å²) in [7, 11) is 2.75. The molecule has 0 saturated carbocycles. The van der Waals surface area contributed by atoms with Gasteiger partial charge in [-0.15, -0.1) is 0 Å². The molecule has 2 nitrogen and oxygen atoms in total. The van der Waals surface area contributed by atoms with Gasteiger partial charge in [-0.1, -0.05) is 0 Å². The van der Waals surface area contributed by atoms with Crippen molar-refractivity contribution in [1.29, 1.82) is 0 Å². The maximum atomic E-state index is 8.68. The molecule has 0 aliphatic heterocycles. The van der Waals surface area contributed by atoms with Crippen molar-refractivity contribution in [3.63, 3.8) is 0 Å². The molecule has 0 bridgehead atoms. The van der Waals surface area contributed by atoms with E-state index in [0.717, 1.165) is 0 Å². The van der Waals surface area contributed by atoms with Gasteiger partial charge in [-0.25, -0.2) is 0 Å². The summed E-state index contributed by atoms with van der Waals surface area (Å²) < 4.78 is 0. The molecule has 0 fully saturated rings. The van der Waals surface area contributed by atoms with Crippen LogP contribution in [-0.4, -0.2) is 6.29 Å². The van der Waals surface area contributed by atoms with E-state index in [2.05, 4.69) is 12.8 Å². The Morgan fingerprint density at radius 1 is 1.67 bits per heavy atom. The van der Waals surface area contributed by atoms with Crippen molar-refractivity contribution in [2.24, 2.45) is 5.73 Å². The Bertz CT molecular complexity index is 18.3. The zero-order chi connectivity index (χ0) is 4.71. The van der Waals surface area contributed by atoms with Crippen molar-refractivity contribution in [2.75, 3.05) is 0 Å². The molecular weight excluding hydrogens is 155 g/mol. The first-order valence-electron chi connectivity index (χ1n) is 1.11. The molecule has 0 aromatic heterocycles. The van der Waals surface area contributed by atoms with E-state index in [9.17, 15) is 0 Å². The first-order chi connectivity index (χ1) is 2.41. The van der Waals surface area contributed by atoms with Gasteiger partial charge in [0.1, 0.15) is 0 Å². The second-order valence-corrected chi connectivity index (χ2v) is 0.204. The molecule has 0 aliphatic carbocycles. The molecule has 0 aliphatic rings. The molecule has 0 rings (SSSR count).